The molecule has 2 rings (SSSR count). The van der Waals surface area contributed by atoms with E-state index in [2.05, 4.69) is 16.3 Å². The molecule has 0 amide bonds. The molecule has 7 heteroatoms. The van der Waals surface area contributed by atoms with Gasteiger partial charge < -0.3 is 5.32 Å². The fourth-order valence-corrected chi connectivity index (χ4v) is 6.51. The average molecular weight is 335 g/mol. The van der Waals surface area contributed by atoms with E-state index in [1.165, 1.54) is 11.3 Å². The maximum absolute atomic E-state index is 12.5. The molecular formula is C13H22N2O2S3. The van der Waals surface area contributed by atoms with Crippen molar-refractivity contribution in [3.63, 3.8) is 0 Å². The molecule has 1 fully saturated rings. The molecule has 1 heterocycles. The van der Waals surface area contributed by atoms with Gasteiger partial charge in [-0.3, -0.25) is 0 Å². The van der Waals surface area contributed by atoms with Crippen molar-refractivity contribution in [1.82, 2.24) is 10.0 Å². The highest BCUT2D eigenvalue weighted by Crippen LogP contribution is 2.31. The minimum Gasteiger partial charge on any atom is -0.315 e. The van der Waals surface area contributed by atoms with E-state index in [-0.39, 0.29) is 6.04 Å². The van der Waals surface area contributed by atoms with E-state index >= 15 is 0 Å². The first-order valence-corrected chi connectivity index (χ1v) is 10.4. The Morgan fingerprint density at radius 3 is 2.85 bits per heavy atom. The zero-order chi connectivity index (χ0) is 14.8. The summed E-state index contributed by atoms with van der Waals surface area (Å²) in [5, 5.41) is 3.48. The summed E-state index contributed by atoms with van der Waals surface area (Å²) >= 11 is 3.12. The first-order valence-electron chi connectivity index (χ1n) is 6.77. The van der Waals surface area contributed by atoms with Crippen LogP contribution in [0, 0.1) is 6.92 Å². The Hall–Kier alpha value is -0.0800. The van der Waals surface area contributed by atoms with Crippen LogP contribution in [0.2, 0.25) is 0 Å². The second-order valence-electron chi connectivity index (χ2n) is 5.13. The molecule has 1 saturated carbocycles. The van der Waals surface area contributed by atoms with E-state index in [4.69, 9.17) is 0 Å². The normalized spacial score (nSPS) is 23.4. The smallest absolute Gasteiger partial charge is 0.250 e. The van der Waals surface area contributed by atoms with Gasteiger partial charge in [0, 0.05) is 22.7 Å². The molecular weight excluding hydrogens is 312 g/mol. The van der Waals surface area contributed by atoms with Gasteiger partial charge in [-0.2, -0.15) is 11.8 Å². The van der Waals surface area contributed by atoms with Crippen LogP contribution in [0.3, 0.4) is 0 Å². The monoisotopic (exact) mass is 334 g/mol. The summed E-state index contributed by atoms with van der Waals surface area (Å²) in [5.41, 5.74) is 1.04. The van der Waals surface area contributed by atoms with Crippen LogP contribution in [0.15, 0.2) is 10.3 Å². The summed E-state index contributed by atoms with van der Waals surface area (Å²) in [5.74, 6) is 0. The minimum absolute atomic E-state index is 0.0742. The van der Waals surface area contributed by atoms with Gasteiger partial charge in [-0.25, -0.2) is 13.1 Å². The van der Waals surface area contributed by atoms with Crippen LogP contribution in [0.5, 0.6) is 0 Å². The molecule has 1 aromatic heterocycles. The second kappa shape index (κ2) is 6.79. The van der Waals surface area contributed by atoms with E-state index in [0.717, 1.165) is 29.7 Å². The summed E-state index contributed by atoms with van der Waals surface area (Å²) in [7, 11) is -1.51. The van der Waals surface area contributed by atoms with Crippen molar-refractivity contribution in [2.24, 2.45) is 0 Å². The number of rotatable bonds is 6. The molecule has 2 N–H and O–H groups in total. The molecule has 4 nitrogen and oxygen atoms in total. The number of thioether (sulfide) groups is 1. The molecule has 0 radical (unpaired) electrons. The zero-order valence-corrected chi connectivity index (χ0v) is 14.6. The highest BCUT2D eigenvalue weighted by atomic mass is 32.2. The number of sulfonamides is 1. The number of hydrogen-bond donors (Lipinski definition) is 2. The van der Waals surface area contributed by atoms with E-state index < -0.39 is 10.0 Å². The van der Waals surface area contributed by atoms with Gasteiger partial charge in [-0.15, -0.1) is 11.3 Å². The van der Waals surface area contributed by atoms with Gasteiger partial charge in [0.25, 0.3) is 0 Å². The zero-order valence-electron chi connectivity index (χ0n) is 12.1. The Morgan fingerprint density at radius 1 is 1.45 bits per heavy atom. The number of nitrogens with one attached hydrogen (secondary N) is 2. The number of aryl methyl sites for hydroxylation is 1. The fraction of sp³-hybridized carbons (Fsp3) is 0.692. The molecule has 0 saturated heterocycles. The Kier molecular flexibility index (Phi) is 5.53. The van der Waals surface area contributed by atoms with Crippen LogP contribution < -0.4 is 10.0 Å². The molecule has 2 atom stereocenters. The van der Waals surface area contributed by atoms with Crippen LogP contribution >= 0.6 is 23.1 Å². The molecule has 2 unspecified atom stereocenters. The van der Waals surface area contributed by atoms with Crippen LogP contribution in [0.4, 0.5) is 0 Å². The summed E-state index contributed by atoms with van der Waals surface area (Å²) < 4.78 is 28.3. The Balaban J connectivity index is 2.16. The Morgan fingerprint density at radius 2 is 2.20 bits per heavy atom. The molecule has 1 aliphatic carbocycles. The van der Waals surface area contributed by atoms with Crippen molar-refractivity contribution in [2.75, 3.05) is 13.3 Å². The maximum Gasteiger partial charge on any atom is 0.250 e. The third kappa shape index (κ3) is 3.57. The standard InChI is InChI=1S/C13H22N2O2S3/c1-9-7-13(19-12(9)8-14-2)20(16,17)15-10-5-4-6-11(10)18-3/h7,10-11,14-15H,4-6,8H2,1-3H3. The first-order chi connectivity index (χ1) is 9.47. The molecule has 0 aliphatic heterocycles. The number of hydrogen-bond acceptors (Lipinski definition) is 5. The minimum atomic E-state index is -3.38. The lowest BCUT2D eigenvalue weighted by atomic mass is 10.3. The van der Waals surface area contributed by atoms with Crippen molar-refractivity contribution < 1.29 is 8.42 Å². The lowest BCUT2D eigenvalue weighted by Gasteiger charge is -2.18. The van der Waals surface area contributed by atoms with Crippen LogP contribution in [0.25, 0.3) is 0 Å². The fourth-order valence-electron chi connectivity index (χ4n) is 2.56. The summed E-state index contributed by atoms with van der Waals surface area (Å²) in [4.78, 5) is 1.08. The summed E-state index contributed by atoms with van der Waals surface area (Å²) in [6, 6.07) is 1.85. The van der Waals surface area contributed by atoms with E-state index in [1.807, 2.05) is 14.0 Å². The van der Waals surface area contributed by atoms with Gasteiger partial charge in [-0.1, -0.05) is 6.42 Å². The Bertz CT molecular complexity index is 554. The predicted octanol–water partition coefficient (Wildman–Crippen LogP) is 2.34. The lowest BCUT2D eigenvalue weighted by Crippen LogP contribution is -2.38. The average Bonchev–Trinajstić information content (AvgIpc) is 2.97. The summed E-state index contributed by atoms with van der Waals surface area (Å²) in [6.07, 6.45) is 5.20. The highest BCUT2D eigenvalue weighted by molar-refractivity contribution is 7.99. The van der Waals surface area contributed by atoms with Gasteiger partial charge in [0.15, 0.2) is 0 Å². The third-order valence-electron chi connectivity index (χ3n) is 3.66. The van der Waals surface area contributed by atoms with Crippen molar-refractivity contribution in [2.45, 2.75) is 48.2 Å². The van der Waals surface area contributed by atoms with Gasteiger partial charge >= 0.3 is 0 Å². The summed E-state index contributed by atoms with van der Waals surface area (Å²) in [6.45, 7) is 2.67. The molecule has 20 heavy (non-hydrogen) atoms. The predicted molar refractivity (Wildman–Crippen MR) is 87.1 cm³/mol. The van der Waals surface area contributed by atoms with Crippen molar-refractivity contribution >= 4 is 33.1 Å². The molecule has 0 spiro atoms. The van der Waals surface area contributed by atoms with Crippen LogP contribution in [-0.2, 0) is 16.6 Å². The van der Waals surface area contributed by atoms with Gasteiger partial charge in [-0.05, 0) is 44.7 Å². The maximum atomic E-state index is 12.5. The van der Waals surface area contributed by atoms with Crippen LogP contribution in [0.1, 0.15) is 29.7 Å². The lowest BCUT2D eigenvalue weighted by molar-refractivity contribution is 0.557. The molecule has 1 aromatic rings. The first kappa shape index (κ1) is 16.3. The third-order valence-corrected chi connectivity index (χ3v) is 8.03. The Labute approximate surface area is 129 Å². The van der Waals surface area contributed by atoms with E-state index in [9.17, 15) is 8.42 Å². The highest BCUT2D eigenvalue weighted by Gasteiger charge is 2.31. The van der Waals surface area contributed by atoms with Crippen molar-refractivity contribution in [3.05, 3.63) is 16.5 Å². The second-order valence-corrected chi connectivity index (χ2v) is 9.29. The molecule has 1 aliphatic rings. The molecule has 0 aromatic carbocycles. The quantitative estimate of drug-likeness (QED) is 0.838. The van der Waals surface area contributed by atoms with Crippen molar-refractivity contribution in [1.29, 1.82) is 0 Å². The topological polar surface area (TPSA) is 58.2 Å². The van der Waals surface area contributed by atoms with Gasteiger partial charge in [0.1, 0.15) is 4.21 Å². The largest absolute Gasteiger partial charge is 0.315 e. The van der Waals surface area contributed by atoms with Crippen molar-refractivity contribution in [3.8, 4) is 0 Å². The van der Waals surface area contributed by atoms with E-state index in [1.54, 1.807) is 17.8 Å². The SMILES string of the molecule is CNCc1sc(S(=O)(=O)NC2CCCC2SC)cc1C. The molecule has 0 bridgehead atoms. The van der Waals surface area contributed by atoms with Crippen LogP contribution in [-0.4, -0.2) is 33.0 Å². The van der Waals surface area contributed by atoms with Gasteiger partial charge in [0.2, 0.25) is 10.0 Å². The van der Waals surface area contributed by atoms with Gasteiger partial charge in [0.05, 0.1) is 0 Å². The molecule has 114 valence electrons. The van der Waals surface area contributed by atoms with E-state index in [0.29, 0.717) is 16.0 Å². The number of thiophene rings is 1.